The molecule has 0 unspecified atom stereocenters. The lowest BCUT2D eigenvalue weighted by molar-refractivity contribution is -0.137. The number of carboxylic acid groups (broad SMARTS) is 1. The number of hydrogen-bond donors (Lipinski definition) is 2. The standard InChI is InChI=1S/C14H17NO3/c1-9-7-11(9)14(18)15-12(8-13(16)17)10-5-3-2-4-6-10/h2-6,9,11-12H,7-8H2,1H3,(H,15,18)(H,16,17)/t9-,11-,12+/m1/s1. The van der Waals surface area contributed by atoms with Gasteiger partial charge >= 0.3 is 5.97 Å². The summed E-state index contributed by atoms with van der Waals surface area (Å²) < 4.78 is 0. The fraction of sp³-hybridized carbons (Fsp3) is 0.429. The maximum absolute atomic E-state index is 11.9. The van der Waals surface area contributed by atoms with E-state index in [1.54, 1.807) is 0 Å². The Morgan fingerprint density at radius 1 is 1.39 bits per heavy atom. The molecule has 1 amide bonds. The second-order valence-electron chi connectivity index (χ2n) is 4.89. The topological polar surface area (TPSA) is 66.4 Å². The highest BCUT2D eigenvalue weighted by molar-refractivity contribution is 5.82. The Hall–Kier alpha value is -1.84. The molecule has 0 heterocycles. The molecular weight excluding hydrogens is 230 g/mol. The van der Waals surface area contributed by atoms with Gasteiger partial charge in [-0.15, -0.1) is 0 Å². The van der Waals surface area contributed by atoms with E-state index in [0.29, 0.717) is 5.92 Å². The molecule has 2 rings (SSSR count). The molecule has 0 aromatic heterocycles. The van der Waals surface area contributed by atoms with E-state index in [4.69, 9.17) is 5.11 Å². The fourth-order valence-corrected chi connectivity index (χ4v) is 2.08. The van der Waals surface area contributed by atoms with E-state index in [2.05, 4.69) is 5.32 Å². The average molecular weight is 247 g/mol. The molecule has 0 bridgehead atoms. The number of benzene rings is 1. The van der Waals surface area contributed by atoms with Gasteiger partial charge in [-0.2, -0.15) is 0 Å². The summed E-state index contributed by atoms with van der Waals surface area (Å²) in [6, 6.07) is 8.79. The van der Waals surface area contributed by atoms with Crippen molar-refractivity contribution in [2.45, 2.75) is 25.8 Å². The Bertz CT molecular complexity index is 444. The minimum Gasteiger partial charge on any atom is -0.481 e. The van der Waals surface area contributed by atoms with Crippen LogP contribution in [0.15, 0.2) is 30.3 Å². The highest BCUT2D eigenvalue weighted by atomic mass is 16.4. The number of amides is 1. The van der Waals surface area contributed by atoms with Crippen molar-refractivity contribution in [2.75, 3.05) is 0 Å². The highest BCUT2D eigenvalue weighted by Crippen LogP contribution is 2.38. The van der Waals surface area contributed by atoms with E-state index >= 15 is 0 Å². The van der Waals surface area contributed by atoms with Crippen LogP contribution in [-0.2, 0) is 9.59 Å². The number of hydrogen-bond acceptors (Lipinski definition) is 2. The van der Waals surface area contributed by atoms with Crippen LogP contribution in [-0.4, -0.2) is 17.0 Å². The first kappa shape index (κ1) is 12.6. The van der Waals surface area contributed by atoms with E-state index in [-0.39, 0.29) is 18.2 Å². The summed E-state index contributed by atoms with van der Waals surface area (Å²) in [4.78, 5) is 22.7. The molecule has 1 aromatic carbocycles. The zero-order valence-corrected chi connectivity index (χ0v) is 10.3. The highest BCUT2D eigenvalue weighted by Gasteiger charge is 2.39. The zero-order valence-electron chi connectivity index (χ0n) is 10.3. The second kappa shape index (κ2) is 5.21. The van der Waals surface area contributed by atoms with Crippen LogP contribution in [0.5, 0.6) is 0 Å². The maximum atomic E-state index is 11.9. The molecule has 3 atom stereocenters. The summed E-state index contributed by atoms with van der Waals surface area (Å²) in [7, 11) is 0. The minimum atomic E-state index is -0.909. The molecule has 0 saturated heterocycles. The van der Waals surface area contributed by atoms with Crippen molar-refractivity contribution in [3.05, 3.63) is 35.9 Å². The summed E-state index contributed by atoms with van der Waals surface area (Å²) in [6.07, 6.45) is 0.817. The first-order valence-corrected chi connectivity index (χ1v) is 6.15. The van der Waals surface area contributed by atoms with Gasteiger partial charge in [0.05, 0.1) is 12.5 Å². The van der Waals surface area contributed by atoms with Crippen LogP contribution in [0.3, 0.4) is 0 Å². The van der Waals surface area contributed by atoms with Crippen molar-refractivity contribution >= 4 is 11.9 Å². The van der Waals surface area contributed by atoms with Gasteiger partial charge in [0.2, 0.25) is 5.91 Å². The quantitative estimate of drug-likeness (QED) is 0.836. The van der Waals surface area contributed by atoms with Crippen molar-refractivity contribution in [1.29, 1.82) is 0 Å². The largest absolute Gasteiger partial charge is 0.481 e. The minimum absolute atomic E-state index is 0.0300. The van der Waals surface area contributed by atoms with Crippen LogP contribution >= 0.6 is 0 Å². The van der Waals surface area contributed by atoms with Crippen molar-refractivity contribution in [1.82, 2.24) is 5.32 Å². The molecular formula is C14H17NO3. The van der Waals surface area contributed by atoms with Gasteiger partial charge in [0, 0.05) is 5.92 Å². The van der Waals surface area contributed by atoms with Crippen LogP contribution in [0, 0.1) is 11.8 Å². The molecule has 4 nitrogen and oxygen atoms in total. The molecule has 4 heteroatoms. The Morgan fingerprint density at radius 2 is 2.00 bits per heavy atom. The van der Waals surface area contributed by atoms with Gasteiger partial charge in [0.15, 0.2) is 0 Å². The third-order valence-electron chi connectivity index (χ3n) is 3.34. The summed E-state index contributed by atoms with van der Waals surface area (Å²) in [6.45, 7) is 2.03. The third-order valence-corrected chi connectivity index (χ3v) is 3.34. The van der Waals surface area contributed by atoms with Crippen LogP contribution in [0.2, 0.25) is 0 Å². The molecule has 1 fully saturated rings. The van der Waals surface area contributed by atoms with Gasteiger partial charge in [0.1, 0.15) is 0 Å². The number of nitrogens with one attached hydrogen (secondary N) is 1. The Morgan fingerprint density at radius 3 is 2.50 bits per heavy atom. The second-order valence-corrected chi connectivity index (χ2v) is 4.89. The van der Waals surface area contributed by atoms with E-state index < -0.39 is 12.0 Å². The molecule has 1 aromatic rings. The number of rotatable bonds is 5. The lowest BCUT2D eigenvalue weighted by Gasteiger charge is -2.17. The zero-order chi connectivity index (χ0) is 13.1. The summed E-state index contributed by atoms with van der Waals surface area (Å²) in [5, 5.41) is 11.8. The van der Waals surface area contributed by atoms with Gasteiger partial charge in [-0.05, 0) is 17.9 Å². The van der Waals surface area contributed by atoms with Gasteiger partial charge in [-0.25, -0.2) is 0 Å². The monoisotopic (exact) mass is 247 g/mol. The fourth-order valence-electron chi connectivity index (χ4n) is 2.08. The maximum Gasteiger partial charge on any atom is 0.305 e. The van der Waals surface area contributed by atoms with Gasteiger partial charge < -0.3 is 10.4 Å². The Labute approximate surface area is 106 Å². The summed E-state index contributed by atoms with van der Waals surface area (Å²) >= 11 is 0. The third kappa shape index (κ3) is 3.09. The molecule has 0 spiro atoms. The average Bonchev–Trinajstić information content (AvgIpc) is 3.06. The van der Waals surface area contributed by atoms with Crippen molar-refractivity contribution in [2.24, 2.45) is 11.8 Å². The van der Waals surface area contributed by atoms with E-state index in [1.165, 1.54) is 0 Å². The molecule has 1 saturated carbocycles. The molecule has 0 aliphatic heterocycles. The lowest BCUT2D eigenvalue weighted by Crippen LogP contribution is -2.31. The number of aliphatic carboxylic acids is 1. The molecule has 1 aliphatic carbocycles. The first-order valence-electron chi connectivity index (χ1n) is 6.15. The van der Waals surface area contributed by atoms with Gasteiger partial charge in [0.25, 0.3) is 0 Å². The predicted octanol–water partition coefficient (Wildman–Crippen LogP) is 1.97. The van der Waals surface area contributed by atoms with Crippen LogP contribution in [0.25, 0.3) is 0 Å². The Kier molecular flexibility index (Phi) is 3.65. The predicted molar refractivity (Wildman–Crippen MR) is 66.8 cm³/mol. The normalized spacial score (nSPS) is 23.2. The number of carbonyl (C=O) groups excluding carboxylic acids is 1. The van der Waals surface area contributed by atoms with Crippen molar-refractivity contribution < 1.29 is 14.7 Å². The van der Waals surface area contributed by atoms with Crippen LogP contribution in [0.4, 0.5) is 0 Å². The van der Waals surface area contributed by atoms with Crippen LogP contribution < -0.4 is 5.32 Å². The number of carboxylic acids is 1. The summed E-state index contributed by atoms with van der Waals surface area (Å²) in [5.74, 6) is -0.457. The molecule has 2 N–H and O–H groups in total. The van der Waals surface area contributed by atoms with Crippen molar-refractivity contribution in [3.8, 4) is 0 Å². The summed E-state index contributed by atoms with van der Waals surface area (Å²) in [5.41, 5.74) is 0.835. The van der Waals surface area contributed by atoms with E-state index in [1.807, 2.05) is 37.3 Å². The van der Waals surface area contributed by atoms with E-state index in [9.17, 15) is 9.59 Å². The molecule has 96 valence electrons. The van der Waals surface area contributed by atoms with Crippen LogP contribution in [0.1, 0.15) is 31.4 Å². The van der Waals surface area contributed by atoms with Gasteiger partial charge in [-0.1, -0.05) is 37.3 Å². The molecule has 0 radical (unpaired) electrons. The van der Waals surface area contributed by atoms with E-state index in [0.717, 1.165) is 12.0 Å². The number of carbonyl (C=O) groups is 2. The van der Waals surface area contributed by atoms with Crippen molar-refractivity contribution in [3.63, 3.8) is 0 Å². The van der Waals surface area contributed by atoms with Gasteiger partial charge in [-0.3, -0.25) is 9.59 Å². The lowest BCUT2D eigenvalue weighted by atomic mass is 10.0. The SMILES string of the molecule is C[C@@H]1C[C@H]1C(=O)N[C@@H](CC(=O)O)c1ccccc1. The molecule has 18 heavy (non-hydrogen) atoms. The first-order chi connectivity index (χ1) is 8.58. The smallest absolute Gasteiger partial charge is 0.305 e. The Balaban J connectivity index is 2.05. The molecule has 1 aliphatic rings.